The van der Waals surface area contributed by atoms with Gasteiger partial charge in [0, 0.05) is 39.9 Å². The van der Waals surface area contributed by atoms with E-state index in [1.54, 1.807) is 0 Å². The normalized spacial score (nSPS) is 16.4. The Morgan fingerprint density at radius 1 is 0.527 bits per heavy atom. The lowest BCUT2D eigenvalue weighted by molar-refractivity contribution is 0.617. The summed E-state index contributed by atoms with van der Waals surface area (Å²) in [5.41, 5.74) is 21.4. The molecule has 0 heterocycles. The second-order valence-corrected chi connectivity index (χ2v) is 14.7. The number of nitrogens with two attached hydrogens (primary N) is 1. The Hall–Kier alpha value is -6.58. The molecule has 2 N–H and O–H groups in total. The van der Waals surface area contributed by atoms with E-state index in [4.69, 9.17) is 5.73 Å². The van der Waals surface area contributed by atoms with Crippen molar-refractivity contribution < 1.29 is 0 Å². The molecule has 7 aromatic carbocycles. The minimum atomic E-state index is -0.687. The van der Waals surface area contributed by atoms with Gasteiger partial charge >= 0.3 is 0 Å². The van der Waals surface area contributed by atoms with Crippen LogP contribution in [0.15, 0.2) is 200 Å². The number of allylic oxidation sites excluding steroid dienone is 2. The van der Waals surface area contributed by atoms with E-state index in [0.717, 1.165) is 56.4 Å². The van der Waals surface area contributed by atoms with E-state index >= 15 is 0 Å². The summed E-state index contributed by atoms with van der Waals surface area (Å²) in [7, 11) is 0. The SMILES string of the molecule is CC1=CC(c2ccc(N)c(C)c2)C=CC1(c1ccc(-c2ccccc2)c(N(c2ccccc2)c2cccc(C)c2)c1)N(c1ccccc1)c1cccc(C)c1. The summed E-state index contributed by atoms with van der Waals surface area (Å²) in [5.74, 6) is 0.0960. The van der Waals surface area contributed by atoms with Crippen molar-refractivity contribution in [2.24, 2.45) is 0 Å². The predicted molar refractivity (Wildman–Crippen MR) is 234 cm³/mol. The highest BCUT2D eigenvalue weighted by molar-refractivity contribution is 5.89. The summed E-state index contributed by atoms with van der Waals surface area (Å²) in [5, 5.41) is 0. The Morgan fingerprint density at radius 2 is 1.13 bits per heavy atom. The number of nitrogen functional groups attached to an aromatic ring is 1. The van der Waals surface area contributed by atoms with Crippen LogP contribution >= 0.6 is 0 Å². The van der Waals surface area contributed by atoms with Crippen LogP contribution in [0.25, 0.3) is 11.1 Å². The molecule has 1 aliphatic rings. The van der Waals surface area contributed by atoms with Crippen LogP contribution in [0, 0.1) is 20.8 Å². The second kappa shape index (κ2) is 15.0. The van der Waals surface area contributed by atoms with Gasteiger partial charge in [0.25, 0.3) is 0 Å². The minimum Gasteiger partial charge on any atom is -0.399 e. The van der Waals surface area contributed by atoms with Crippen LogP contribution in [0.4, 0.5) is 34.1 Å². The van der Waals surface area contributed by atoms with Gasteiger partial charge in [-0.1, -0.05) is 133 Å². The monoisotopic (exact) mass is 713 g/mol. The van der Waals surface area contributed by atoms with E-state index in [-0.39, 0.29) is 5.92 Å². The molecule has 0 saturated heterocycles. The van der Waals surface area contributed by atoms with Crippen LogP contribution in [0.3, 0.4) is 0 Å². The highest BCUT2D eigenvalue weighted by Gasteiger charge is 2.42. The lowest BCUT2D eigenvalue weighted by Gasteiger charge is -2.47. The Bertz CT molecular complexity index is 2500. The standard InChI is InChI=1S/C52H47N3/c1-37-16-14-24-47(32-37)54(45-20-10-6-11-21-45)51-36-44(27-28-49(51)41-18-8-5-9-19-41)52(31-30-43(35-40(52)4)42-26-29-50(53)39(3)34-42)55(46-22-12-7-13-23-46)48-25-15-17-38(2)33-48/h5-36,43H,53H2,1-4H3. The van der Waals surface area contributed by atoms with Gasteiger partial charge in [-0.2, -0.15) is 0 Å². The number of benzene rings is 7. The number of hydrogen-bond acceptors (Lipinski definition) is 3. The molecule has 3 nitrogen and oxygen atoms in total. The summed E-state index contributed by atoms with van der Waals surface area (Å²) >= 11 is 0. The van der Waals surface area contributed by atoms with Gasteiger partial charge in [-0.25, -0.2) is 0 Å². The highest BCUT2D eigenvalue weighted by Crippen LogP contribution is 2.51. The topological polar surface area (TPSA) is 32.5 Å². The molecule has 0 spiro atoms. The number of aryl methyl sites for hydroxylation is 3. The first-order valence-corrected chi connectivity index (χ1v) is 19.1. The van der Waals surface area contributed by atoms with Crippen molar-refractivity contribution in [1.82, 2.24) is 0 Å². The summed E-state index contributed by atoms with van der Waals surface area (Å²) in [6.07, 6.45) is 7.26. The van der Waals surface area contributed by atoms with Crippen molar-refractivity contribution >= 4 is 34.1 Å². The number of para-hydroxylation sites is 2. The maximum atomic E-state index is 6.29. The van der Waals surface area contributed by atoms with Gasteiger partial charge in [0.05, 0.1) is 5.69 Å². The molecule has 0 fully saturated rings. The molecule has 1 aliphatic carbocycles. The van der Waals surface area contributed by atoms with Crippen LogP contribution in [-0.4, -0.2) is 0 Å². The summed E-state index contributed by atoms with van der Waals surface area (Å²) in [6.45, 7) is 8.72. The van der Waals surface area contributed by atoms with Crippen molar-refractivity contribution in [2.45, 2.75) is 39.2 Å². The molecule has 0 aromatic heterocycles. The summed E-state index contributed by atoms with van der Waals surface area (Å²) < 4.78 is 0. The highest BCUT2D eigenvalue weighted by atomic mass is 15.2. The molecular weight excluding hydrogens is 667 g/mol. The average Bonchev–Trinajstić information content (AvgIpc) is 3.21. The first-order chi connectivity index (χ1) is 26.8. The average molecular weight is 714 g/mol. The fraction of sp³-hybridized carbons (Fsp3) is 0.115. The maximum Gasteiger partial charge on any atom is 0.110 e. The van der Waals surface area contributed by atoms with Crippen molar-refractivity contribution in [2.75, 3.05) is 15.5 Å². The molecule has 2 unspecified atom stereocenters. The van der Waals surface area contributed by atoms with Gasteiger partial charge < -0.3 is 15.5 Å². The lowest BCUT2D eigenvalue weighted by Crippen LogP contribution is -2.44. The predicted octanol–water partition coefficient (Wildman–Crippen LogP) is 13.7. The Kier molecular flexibility index (Phi) is 9.70. The molecule has 55 heavy (non-hydrogen) atoms. The third-order valence-corrected chi connectivity index (χ3v) is 10.9. The van der Waals surface area contributed by atoms with Gasteiger partial charge in [0.2, 0.25) is 0 Å². The number of anilines is 6. The van der Waals surface area contributed by atoms with E-state index in [0.29, 0.717) is 0 Å². The fourth-order valence-electron chi connectivity index (χ4n) is 8.13. The van der Waals surface area contributed by atoms with E-state index in [1.807, 2.05) is 6.07 Å². The quantitative estimate of drug-likeness (QED) is 0.119. The Morgan fingerprint density at radius 3 is 1.76 bits per heavy atom. The smallest absolute Gasteiger partial charge is 0.110 e. The molecule has 270 valence electrons. The van der Waals surface area contributed by atoms with Crippen molar-refractivity contribution in [1.29, 1.82) is 0 Å². The van der Waals surface area contributed by atoms with Gasteiger partial charge in [-0.3, -0.25) is 0 Å². The number of rotatable bonds is 9. The van der Waals surface area contributed by atoms with Crippen molar-refractivity contribution in [3.63, 3.8) is 0 Å². The minimum absolute atomic E-state index is 0.0960. The van der Waals surface area contributed by atoms with Crippen molar-refractivity contribution in [3.05, 3.63) is 228 Å². The zero-order chi connectivity index (χ0) is 37.9. The van der Waals surface area contributed by atoms with Crippen LogP contribution in [-0.2, 0) is 5.54 Å². The van der Waals surface area contributed by atoms with Crippen LogP contribution in [0.1, 0.15) is 40.7 Å². The molecule has 0 amide bonds. The summed E-state index contributed by atoms with van der Waals surface area (Å²) in [6, 6.07) is 63.5. The second-order valence-electron chi connectivity index (χ2n) is 14.7. The first-order valence-electron chi connectivity index (χ1n) is 19.1. The molecule has 0 radical (unpaired) electrons. The first kappa shape index (κ1) is 35.4. The van der Waals surface area contributed by atoms with Crippen LogP contribution in [0.5, 0.6) is 0 Å². The van der Waals surface area contributed by atoms with E-state index < -0.39 is 5.54 Å². The third kappa shape index (κ3) is 6.86. The molecule has 8 rings (SSSR count). The molecular formula is C52H47N3. The number of nitrogens with zero attached hydrogens (tertiary/aromatic N) is 2. The zero-order valence-electron chi connectivity index (χ0n) is 32.0. The molecule has 0 aliphatic heterocycles. The Balaban J connectivity index is 1.43. The van der Waals surface area contributed by atoms with E-state index in [2.05, 4.69) is 226 Å². The van der Waals surface area contributed by atoms with E-state index in [1.165, 1.54) is 22.3 Å². The van der Waals surface area contributed by atoms with Gasteiger partial charge in [-0.15, -0.1) is 0 Å². The van der Waals surface area contributed by atoms with Crippen LogP contribution < -0.4 is 15.5 Å². The van der Waals surface area contributed by atoms with Crippen molar-refractivity contribution in [3.8, 4) is 11.1 Å². The molecule has 7 aromatic rings. The molecule has 0 bridgehead atoms. The molecule has 0 saturated carbocycles. The van der Waals surface area contributed by atoms with Crippen LogP contribution in [0.2, 0.25) is 0 Å². The third-order valence-electron chi connectivity index (χ3n) is 10.9. The maximum absolute atomic E-state index is 6.29. The fourth-order valence-corrected chi connectivity index (χ4v) is 8.13. The zero-order valence-corrected chi connectivity index (χ0v) is 32.0. The molecule has 3 heteroatoms. The largest absolute Gasteiger partial charge is 0.399 e. The number of hydrogen-bond donors (Lipinski definition) is 1. The summed E-state index contributed by atoms with van der Waals surface area (Å²) in [4.78, 5) is 4.94. The van der Waals surface area contributed by atoms with Gasteiger partial charge in [-0.05, 0) is 127 Å². The Labute approximate surface area is 326 Å². The van der Waals surface area contributed by atoms with E-state index in [9.17, 15) is 0 Å². The lowest BCUT2D eigenvalue weighted by atomic mass is 9.73. The van der Waals surface area contributed by atoms with Gasteiger partial charge in [0.1, 0.15) is 5.54 Å². The van der Waals surface area contributed by atoms with Gasteiger partial charge in [0.15, 0.2) is 0 Å². The molecule has 2 atom stereocenters.